The summed E-state index contributed by atoms with van der Waals surface area (Å²) in [7, 11) is 0. The number of carbonyl (C=O) groups excluding carboxylic acids is 2. The van der Waals surface area contributed by atoms with Crippen molar-refractivity contribution in [2.75, 3.05) is 6.61 Å². The van der Waals surface area contributed by atoms with Crippen LogP contribution in [0.1, 0.15) is 54.3 Å². The van der Waals surface area contributed by atoms with Gasteiger partial charge in [-0.25, -0.2) is 4.79 Å². The number of rotatable bonds is 3. The molecule has 0 saturated carbocycles. The molecular weight excluding hydrogens is 322 g/mol. The zero-order valence-electron chi connectivity index (χ0n) is 14.6. The lowest BCUT2D eigenvalue weighted by Gasteiger charge is -2.34. The van der Waals surface area contributed by atoms with Crippen molar-refractivity contribution in [2.45, 2.75) is 52.9 Å². The highest BCUT2D eigenvalue weighted by Crippen LogP contribution is 2.44. The number of hydrogen-bond donors (Lipinski definition) is 1. The van der Waals surface area contributed by atoms with Crippen molar-refractivity contribution in [3.8, 4) is 0 Å². The van der Waals surface area contributed by atoms with Crippen LogP contribution in [0.25, 0.3) is 0 Å². The maximum atomic E-state index is 12.7. The van der Waals surface area contributed by atoms with Gasteiger partial charge in [0.15, 0.2) is 5.78 Å². The van der Waals surface area contributed by atoms with E-state index in [1.807, 2.05) is 6.92 Å². The summed E-state index contributed by atoms with van der Waals surface area (Å²) in [4.78, 5) is 27.7. The molecule has 0 amide bonds. The number of nitrogens with one attached hydrogen (secondary N) is 1. The molecule has 2 aliphatic rings. The fourth-order valence-electron chi connectivity index (χ4n) is 3.71. The van der Waals surface area contributed by atoms with Crippen LogP contribution in [-0.4, -0.2) is 18.4 Å². The van der Waals surface area contributed by atoms with Gasteiger partial charge in [0.1, 0.15) is 0 Å². The Hall–Kier alpha value is -1.88. The molecule has 0 fully saturated rings. The van der Waals surface area contributed by atoms with Crippen molar-refractivity contribution < 1.29 is 14.3 Å². The molecule has 0 aromatic carbocycles. The second-order valence-corrected chi connectivity index (χ2v) is 7.82. The lowest BCUT2D eigenvalue weighted by Crippen LogP contribution is -2.34. The van der Waals surface area contributed by atoms with Gasteiger partial charge in [-0.05, 0) is 52.2 Å². The number of Topliss-reactive ketones (excluding diaryl/α,β-unsaturated/α-hetero) is 1. The lowest BCUT2D eigenvalue weighted by molar-refractivity contribution is -0.138. The van der Waals surface area contributed by atoms with Gasteiger partial charge in [0, 0.05) is 39.1 Å². The molecule has 0 saturated heterocycles. The Morgan fingerprint density at radius 3 is 2.71 bits per heavy atom. The molecule has 128 valence electrons. The number of esters is 1. The molecule has 2 heterocycles. The lowest BCUT2D eigenvalue weighted by atomic mass is 9.75. The third-order valence-corrected chi connectivity index (χ3v) is 5.64. The Morgan fingerprint density at radius 2 is 2.08 bits per heavy atom. The van der Waals surface area contributed by atoms with E-state index in [0.717, 1.165) is 40.2 Å². The average molecular weight is 345 g/mol. The van der Waals surface area contributed by atoms with Crippen LogP contribution >= 0.6 is 11.3 Å². The van der Waals surface area contributed by atoms with Gasteiger partial charge in [0.25, 0.3) is 0 Å². The Balaban J connectivity index is 2.19. The van der Waals surface area contributed by atoms with Gasteiger partial charge in [0.05, 0.1) is 12.2 Å². The van der Waals surface area contributed by atoms with E-state index < -0.39 is 0 Å². The molecule has 4 nitrogen and oxygen atoms in total. The van der Waals surface area contributed by atoms with Crippen LogP contribution in [0.4, 0.5) is 0 Å². The van der Waals surface area contributed by atoms with Gasteiger partial charge in [-0.15, -0.1) is 11.3 Å². The molecule has 24 heavy (non-hydrogen) atoms. The third kappa shape index (κ3) is 2.81. The van der Waals surface area contributed by atoms with Gasteiger partial charge in [-0.3, -0.25) is 4.79 Å². The van der Waals surface area contributed by atoms with Crippen molar-refractivity contribution in [3.05, 3.63) is 43.9 Å². The molecule has 1 atom stereocenters. The standard InChI is InChI=1S/C19H23NO3S/c1-5-23-19(22)16-11(3)20-14-7-6-8-15(21)18(14)17(16)13-9-10(2)24-12(13)4/h9,17,20H,5-8H2,1-4H3. The molecule has 0 radical (unpaired) electrons. The molecular formula is C19H23NO3S. The number of dihydropyridines is 1. The topological polar surface area (TPSA) is 55.4 Å². The van der Waals surface area contributed by atoms with Crippen LogP contribution in [-0.2, 0) is 14.3 Å². The minimum absolute atomic E-state index is 0.145. The Kier molecular flexibility index (Phi) is 4.63. The van der Waals surface area contributed by atoms with E-state index in [9.17, 15) is 9.59 Å². The Morgan fingerprint density at radius 1 is 1.33 bits per heavy atom. The molecule has 3 rings (SSSR count). The van der Waals surface area contributed by atoms with Crippen molar-refractivity contribution in [1.29, 1.82) is 0 Å². The fourth-order valence-corrected chi connectivity index (χ4v) is 4.67. The van der Waals surface area contributed by atoms with E-state index in [0.29, 0.717) is 18.6 Å². The molecule has 1 aliphatic carbocycles. The van der Waals surface area contributed by atoms with Crippen molar-refractivity contribution in [2.24, 2.45) is 0 Å². The quantitative estimate of drug-likeness (QED) is 0.844. The third-order valence-electron chi connectivity index (χ3n) is 4.66. The first-order valence-electron chi connectivity index (χ1n) is 8.42. The van der Waals surface area contributed by atoms with Gasteiger partial charge in [-0.1, -0.05) is 0 Å². The minimum Gasteiger partial charge on any atom is -0.463 e. The summed E-state index contributed by atoms with van der Waals surface area (Å²) in [5.41, 5.74) is 4.17. The maximum Gasteiger partial charge on any atom is 0.336 e. The first-order chi connectivity index (χ1) is 11.4. The number of allylic oxidation sites excluding steroid dienone is 3. The number of ether oxygens (including phenoxy) is 1. The summed E-state index contributed by atoms with van der Waals surface area (Å²) in [6.07, 6.45) is 2.27. The number of carbonyl (C=O) groups is 2. The second kappa shape index (κ2) is 6.55. The number of aryl methyl sites for hydroxylation is 2. The Bertz CT molecular complexity index is 770. The monoisotopic (exact) mass is 345 g/mol. The van der Waals surface area contributed by atoms with Crippen LogP contribution in [0.5, 0.6) is 0 Å². The predicted molar refractivity (Wildman–Crippen MR) is 94.9 cm³/mol. The largest absolute Gasteiger partial charge is 0.463 e. The number of thiophene rings is 1. The zero-order valence-corrected chi connectivity index (χ0v) is 15.4. The highest BCUT2D eigenvalue weighted by atomic mass is 32.1. The summed E-state index contributed by atoms with van der Waals surface area (Å²) < 4.78 is 5.30. The van der Waals surface area contributed by atoms with E-state index in [4.69, 9.17) is 4.74 Å². The average Bonchev–Trinajstić information content (AvgIpc) is 2.84. The van der Waals surface area contributed by atoms with E-state index in [1.165, 1.54) is 4.88 Å². The van der Waals surface area contributed by atoms with E-state index in [1.54, 1.807) is 18.3 Å². The highest BCUT2D eigenvalue weighted by molar-refractivity contribution is 7.12. The second-order valence-electron chi connectivity index (χ2n) is 6.35. The van der Waals surface area contributed by atoms with Crippen molar-refractivity contribution >= 4 is 23.1 Å². The number of ketones is 1. The predicted octanol–water partition coefficient (Wildman–Crippen LogP) is 3.90. The summed E-state index contributed by atoms with van der Waals surface area (Å²) in [5, 5.41) is 3.31. The smallest absolute Gasteiger partial charge is 0.336 e. The normalized spacial score (nSPS) is 20.8. The fraction of sp³-hybridized carbons (Fsp3) is 0.474. The summed E-state index contributed by atoms with van der Waals surface area (Å²) >= 11 is 1.70. The molecule has 1 aliphatic heterocycles. The van der Waals surface area contributed by atoms with Crippen molar-refractivity contribution in [1.82, 2.24) is 5.32 Å². The zero-order chi connectivity index (χ0) is 17.4. The van der Waals surface area contributed by atoms with E-state index in [2.05, 4.69) is 25.2 Å². The molecule has 1 aromatic heterocycles. The van der Waals surface area contributed by atoms with Crippen LogP contribution in [0.2, 0.25) is 0 Å². The van der Waals surface area contributed by atoms with Crippen LogP contribution < -0.4 is 5.32 Å². The molecule has 1 N–H and O–H groups in total. The summed E-state index contributed by atoms with van der Waals surface area (Å²) in [5.74, 6) is -0.495. The summed E-state index contributed by atoms with van der Waals surface area (Å²) in [6, 6.07) is 2.11. The summed E-state index contributed by atoms with van der Waals surface area (Å²) in [6.45, 7) is 8.14. The Labute approximate surface area is 146 Å². The molecule has 1 aromatic rings. The van der Waals surface area contributed by atoms with Gasteiger partial charge >= 0.3 is 5.97 Å². The van der Waals surface area contributed by atoms with Crippen LogP contribution in [0.15, 0.2) is 28.6 Å². The van der Waals surface area contributed by atoms with Gasteiger partial charge in [0.2, 0.25) is 0 Å². The minimum atomic E-state index is -0.333. The molecule has 0 bridgehead atoms. The van der Waals surface area contributed by atoms with Crippen molar-refractivity contribution in [3.63, 3.8) is 0 Å². The first kappa shape index (κ1) is 17.0. The maximum absolute atomic E-state index is 12.7. The highest BCUT2D eigenvalue weighted by Gasteiger charge is 2.39. The van der Waals surface area contributed by atoms with Gasteiger partial charge in [-0.2, -0.15) is 0 Å². The van der Waals surface area contributed by atoms with Crippen LogP contribution in [0, 0.1) is 13.8 Å². The van der Waals surface area contributed by atoms with E-state index in [-0.39, 0.29) is 17.7 Å². The molecule has 0 spiro atoms. The number of hydrogen-bond acceptors (Lipinski definition) is 5. The van der Waals surface area contributed by atoms with Crippen LogP contribution in [0.3, 0.4) is 0 Å². The first-order valence-corrected chi connectivity index (χ1v) is 9.23. The van der Waals surface area contributed by atoms with Gasteiger partial charge < -0.3 is 10.1 Å². The SMILES string of the molecule is CCOC(=O)C1=C(C)NC2=C(C(=O)CCC2)C1c1cc(C)sc1C. The molecule has 5 heteroatoms. The molecule has 1 unspecified atom stereocenters. The van der Waals surface area contributed by atoms with E-state index >= 15 is 0 Å².